The number of piperidine rings is 1. The first kappa shape index (κ1) is 24.0. The molecule has 1 atom stereocenters. The van der Waals surface area contributed by atoms with Crippen molar-refractivity contribution < 1.29 is 22.7 Å². The minimum absolute atomic E-state index is 0.0789. The second-order valence-corrected chi connectivity index (χ2v) is 11.4. The number of carbonyl (C=O) groups excluding carboxylic acids is 1. The van der Waals surface area contributed by atoms with Gasteiger partial charge in [-0.05, 0) is 48.6 Å². The zero-order valence-corrected chi connectivity index (χ0v) is 20.5. The SMILES string of the molecule is COc1ccc(OCCN2CCN(C(=O)[C@@H]3CCCN(S(=O)(=O)c4cccs4)C3)CC2)cc1. The molecule has 3 heterocycles. The Kier molecular flexibility index (Phi) is 7.90. The molecule has 2 fully saturated rings. The molecule has 0 saturated carbocycles. The van der Waals surface area contributed by atoms with Crippen molar-refractivity contribution in [2.75, 3.05) is 59.5 Å². The molecule has 1 amide bonds. The third-order valence-electron chi connectivity index (χ3n) is 6.24. The molecule has 4 rings (SSSR count). The van der Waals surface area contributed by atoms with Gasteiger partial charge in [-0.3, -0.25) is 9.69 Å². The molecule has 0 unspecified atom stereocenters. The van der Waals surface area contributed by atoms with E-state index in [9.17, 15) is 13.2 Å². The van der Waals surface area contributed by atoms with Gasteiger partial charge in [-0.1, -0.05) is 6.07 Å². The molecule has 2 aliphatic heterocycles. The van der Waals surface area contributed by atoms with E-state index in [0.717, 1.165) is 37.6 Å². The highest BCUT2D eigenvalue weighted by Gasteiger charge is 2.36. The highest BCUT2D eigenvalue weighted by Crippen LogP contribution is 2.27. The predicted octanol–water partition coefficient (Wildman–Crippen LogP) is 2.38. The van der Waals surface area contributed by atoms with Crippen molar-refractivity contribution in [3.63, 3.8) is 0 Å². The summed E-state index contributed by atoms with van der Waals surface area (Å²) in [6.45, 7) is 5.04. The zero-order chi connectivity index (χ0) is 23.3. The fourth-order valence-electron chi connectivity index (χ4n) is 4.31. The van der Waals surface area contributed by atoms with Gasteiger partial charge in [0.05, 0.1) is 13.0 Å². The molecule has 0 N–H and O–H groups in total. The average molecular weight is 494 g/mol. The Hall–Kier alpha value is -2.14. The van der Waals surface area contributed by atoms with E-state index < -0.39 is 10.0 Å². The smallest absolute Gasteiger partial charge is 0.252 e. The quantitative estimate of drug-likeness (QED) is 0.562. The zero-order valence-electron chi connectivity index (χ0n) is 18.9. The summed E-state index contributed by atoms with van der Waals surface area (Å²) in [5.74, 6) is 1.42. The van der Waals surface area contributed by atoms with E-state index in [1.165, 1.54) is 15.6 Å². The molecule has 180 valence electrons. The predicted molar refractivity (Wildman–Crippen MR) is 127 cm³/mol. The van der Waals surface area contributed by atoms with E-state index in [1.54, 1.807) is 24.6 Å². The molecule has 2 aliphatic rings. The summed E-state index contributed by atoms with van der Waals surface area (Å²) in [6, 6.07) is 10.9. The third-order valence-corrected chi connectivity index (χ3v) is 9.48. The fraction of sp³-hybridized carbons (Fsp3) is 0.522. The van der Waals surface area contributed by atoms with Gasteiger partial charge in [0.15, 0.2) is 0 Å². The molecule has 1 aromatic carbocycles. The molecule has 8 nitrogen and oxygen atoms in total. The molecule has 0 aliphatic carbocycles. The minimum atomic E-state index is -3.51. The number of amides is 1. The van der Waals surface area contributed by atoms with E-state index in [-0.39, 0.29) is 18.4 Å². The van der Waals surface area contributed by atoms with Crippen LogP contribution in [-0.2, 0) is 14.8 Å². The van der Waals surface area contributed by atoms with E-state index >= 15 is 0 Å². The molecule has 33 heavy (non-hydrogen) atoms. The Morgan fingerprint density at radius 3 is 2.45 bits per heavy atom. The summed E-state index contributed by atoms with van der Waals surface area (Å²) in [4.78, 5) is 17.3. The van der Waals surface area contributed by atoms with E-state index in [4.69, 9.17) is 9.47 Å². The van der Waals surface area contributed by atoms with E-state index in [1.807, 2.05) is 29.2 Å². The number of methoxy groups -OCH3 is 1. The second-order valence-electron chi connectivity index (χ2n) is 8.33. The Labute approximate surface area is 199 Å². The van der Waals surface area contributed by atoms with Crippen LogP contribution in [0.2, 0.25) is 0 Å². The normalized spacial score (nSPS) is 20.5. The summed E-state index contributed by atoms with van der Waals surface area (Å²) in [5, 5.41) is 1.76. The van der Waals surface area contributed by atoms with Crippen molar-refractivity contribution in [1.29, 1.82) is 0 Å². The third kappa shape index (κ3) is 5.87. The van der Waals surface area contributed by atoms with Crippen LogP contribution in [0.15, 0.2) is 46.0 Å². The number of benzene rings is 1. The van der Waals surface area contributed by atoms with Gasteiger partial charge in [0.2, 0.25) is 5.91 Å². The minimum Gasteiger partial charge on any atom is -0.497 e. The monoisotopic (exact) mass is 493 g/mol. The topological polar surface area (TPSA) is 79.4 Å². The largest absolute Gasteiger partial charge is 0.497 e. The average Bonchev–Trinajstić information content (AvgIpc) is 3.41. The Bertz CT molecular complexity index is 1000. The van der Waals surface area contributed by atoms with Crippen molar-refractivity contribution in [3.05, 3.63) is 41.8 Å². The van der Waals surface area contributed by atoms with Gasteiger partial charge >= 0.3 is 0 Å². The number of carbonyl (C=O) groups is 1. The number of piperazine rings is 1. The lowest BCUT2D eigenvalue weighted by molar-refractivity contribution is -0.138. The van der Waals surface area contributed by atoms with Crippen LogP contribution < -0.4 is 9.47 Å². The summed E-state index contributed by atoms with van der Waals surface area (Å²) < 4.78 is 38.5. The van der Waals surface area contributed by atoms with Crippen molar-refractivity contribution in [1.82, 2.24) is 14.1 Å². The fourth-order valence-corrected chi connectivity index (χ4v) is 6.98. The lowest BCUT2D eigenvalue weighted by atomic mass is 9.98. The highest BCUT2D eigenvalue weighted by molar-refractivity contribution is 7.91. The number of hydrogen-bond donors (Lipinski definition) is 0. The van der Waals surface area contributed by atoms with E-state index in [2.05, 4.69) is 4.90 Å². The van der Waals surface area contributed by atoms with Gasteiger partial charge in [-0.2, -0.15) is 4.31 Å². The van der Waals surface area contributed by atoms with Crippen LogP contribution in [0.5, 0.6) is 11.5 Å². The maximum atomic E-state index is 13.1. The van der Waals surface area contributed by atoms with Crippen molar-refractivity contribution in [3.8, 4) is 11.5 Å². The van der Waals surface area contributed by atoms with Crippen LogP contribution in [0.4, 0.5) is 0 Å². The summed E-state index contributed by atoms with van der Waals surface area (Å²) >= 11 is 1.22. The summed E-state index contributed by atoms with van der Waals surface area (Å²) in [7, 11) is -1.87. The van der Waals surface area contributed by atoms with Gasteiger partial charge in [0, 0.05) is 45.8 Å². The first-order chi connectivity index (χ1) is 16.0. The number of sulfonamides is 1. The molecule has 0 bridgehead atoms. The maximum Gasteiger partial charge on any atom is 0.252 e. The molecule has 10 heteroatoms. The van der Waals surface area contributed by atoms with Crippen LogP contribution in [0.1, 0.15) is 12.8 Å². The molecule has 2 aromatic rings. The lowest BCUT2D eigenvalue weighted by Crippen LogP contribution is -2.53. The maximum absolute atomic E-state index is 13.1. The lowest BCUT2D eigenvalue weighted by Gasteiger charge is -2.38. The molecule has 1 aromatic heterocycles. The number of nitrogens with zero attached hydrogens (tertiary/aromatic N) is 3. The number of thiophene rings is 1. The molecule has 0 spiro atoms. The summed E-state index contributed by atoms with van der Waals surface area (Å²) in [5.41, 5.74) is 0. The first-order valence-electron chi connectivity index (χ1n) is 11.3. The van der Waals surface area contributed by atoms with Gasteiger partial charge in [-0.25, -0.2) is 8.42 Å². The van der Waals surface area contributed by atoms with E-state index in [0.29, 0.717) is 36.9 Å². The molecule has 0 radical (unpaired) electrons. The second kappa shape index (κ2) is 10.9. The summed E-state index contributed by atoms with van der Waals surface area (Å²) in [6.07, 6.45) is 1.45. The molecule has 2 saturated heterocycles. The first-order valence-corrected chi connectivity index (χ1v) is 13.6. The Balaban J connectivity index is 1.22. The van der Waals surface area contributed by atoms with Gasteiger partial charge in [0.25, 0.3) is 10.0 Å². The number of hydrogen-bond acceptors (Lipinski definition) is 7. The molecular formula is C23H31N3O5S2. The molecular weight excluding hydrogens is 462 g/mol. The van der Waals surface area contributed by atoms with Crippen LogP contribution >= 0.6 is 11.3 Å². The van der Waals surface area contributed by atoms with Crippen molar-refractivity contribution >= 4 is 27.3 Å². The van der Waals surface area contributed by atoms with Gasteiger partial charge in [-0.15, -0.1) is 11.3 Å². The Morgan fingerprint density at radius 2 is 1.79 bits per heavy atom. The van der Waals surface area contributed by atoms with Gasteiger partial charge < -0.3 is 14.4 Å². The van der Waals surface area contributed by atoms with Crippen LogP contribution in [0.25, 0.3) is 0 Å². The highest BCUT2D eigenvalue weighted by atomic mass is 32.2. The van der Waals surface area contributed by atoms with Crippen molar-refractivity contribution in [2.45, 2.75) is 17.1 Å². The number of rotatable bonds is 8. The van der Waals surface area contributed by atoms with Crippen molar-refractivity contribution in [2.24, 2.45) is 5.92 Å². The van der Waals surface area contributed by atoms with Gasteiger partial charge in [0.1, 0.15) is 22.3 Å². The van der Waals surface area contributed by atoms with Crippen LogP contribution in [0, 0.1) is 5.92 Å². The van der Waals surface area contributed by atoms with Crippen LogP contribution in [-0.4, -0.2) is 88.0 Å². The Morgan fingerprint density at radius 1 is 1.06 bits per heavy atom. The standard InChI is InChI=1S/C23H31N3O5S2/c1-30-20-6-8-21(9-7-20)31-16-15-24-11-13-25(14-12-24)23(27)19-4-2-10-26(18-19)33(28,29)22-5-3-17-32-22/h3,5-9,17,19H,2,4,10-16,18H2,1H3/t19-/m1/s1. The van der Waals surface area contributed by atoms with Crippen LogP contribution in [0.3, 0.4) is 0 Å². The number of ether oxygens (including phenoxy) is 2.